The van der Waals surface area contributed by atoms with Gasteiger partial charge >= 0.3 is 5.97 Å². The zero-order valence-electron chi connectivity index (χ0n) is 46.6. The Morgan fingerprint density at radius 2 is 1.51 bits per heavy atom. The summed E-state index contributed by atoms with van der Waals surface area (Å²) in [5, 5.41) is 32.1. The summed E-state index contributed by atoms with van der Waals surface area (Å²) in [4.78, 5) is 144. The van der Waals surface area contributed by atoms with Gasteiger partial charge in [0.05, 0.1) is 50.1 Å². The second kappa shape index (κ2) is 31.3. The zero-order chi connectivity index (χ0) is 60.8. The molecule has 3 heterocycles. The number of aromatic nitrogens is 4. The average molecular weight is 1150 g/mol. The second-order valence-electron chi connectivity index (χ2n) is 21.1. The number of amides is 7. The maximum absolute atomic E-state index is 15.5. The first kappa shape index (κ1) is 64.8. The van der Waals surface area contributed by atoms with Gasteiger partial charge in [-0.1, -0.05) is 51.1 Å². The molecule has 2 aromatic carbocycles. The summed E-state index contributed by atoms with van der Waals surface area (Å²) in [5.74, 6) is -10.7. The molecule has 3 aromatic heterocycles. The molecular formula is C58H71F2N11O12. The lowest BCUT2D eigenvalue weighted by molar-refractivity contribution is -0.140. The number of nitrogens with one attached hydrogen (secondary N) is 6. The Bertz CT molecular complexity index is 3060. The number of H-pyrrole nitrogens is 1. The number of carboxylic acids is 1. The SMILES string of the molecule is C[C@H](NC(=O)Cc1ccncc1)C(=O)C[C@H](Cc1cnc[nH]1)C(=O)N[C@@H](CC(N)=O)C(=O)N[C@@H](CCN(C(=O)CO)[C@@H](c1cc(-c2cc(F)ccc2F)cn1Cc1ccccc1)C(C)(C)C)C(=O)NCCCC(=O)CNC(=O)CCC(=O)O. The summed E-state index contributed by atoms with van der Waals surface area (Å²) in [6.45, 7) is 5.06. The van der Waals surface area contributed by atoms with Crippen LogP contribution < -0.4 is 32.3 Å². The monoisotopic (exact) mass is 1150 g/mol. The highest BCUT2D eigenvalue weighted by Gasteiger charge is 2.39. The molecule has 83 heavy (non-hydrogen) atoms. The Labute approximate surface area is 478 Å². The lowest BCUT2D eigenvalue weighted by Gasteiger charge is -2.41. The Morgan fingerprint density at radius 1 is 0.795 bits per heavy atom. The number of primary amides is 1. The van der Waals surface area contributed by atoms with Crippen molar-refractivity contribution >= 4 is 58.9 Å². The van der Waals surface area contributed by atoms with Crippen LogP contribution in [-0.4, -0.2) is 138 Å². The van der Waals surface area contributed by atoms with Crippen LogP contribution in [0.3, 0.4) is 0 Å². The van der Waals surface area contributed by atoms with Crippen LogP contribution in [0.25, 0.3) is 11.1 Å². The van der Waals surface area contributed by atoms with E-state index < -0.39 is 145 Å². The number of aliphatic hydroxyl groups is 1. The number of imidazole rings is 1. The summed E-state index contributed by atoms with van der Waals surface area (Å²) in [5.41, 5.74) is 7.19. The summed E-state index contributed by atoms with van der Waals surface area (Å²) in [6.07, 6.45) is 4.63. The number of hydrogen-bond acceptors (Lipinski definition) is 13. The number of aliphatic carboxylic acids is 1. The molecule has 23 nitrogen and oxygen atoms in total. The number of nitrogens with two attached hydrogens (primary N) is 1. The van der Waals surface area contributed by atoms with E-state index in [0.29, 0.717) is 17.0 Å². The third-order valence-corrected chi connectivity index (χ3v) is 13.4. The van der Waals surface area contributed by atoms with E-state index in [0.717, 1.165) is 23.8 Å². The summed E-state index contributed by atoms with van der Waals surface area (Å²) in [6, 6.07) is 11.6. The number of rotatable bonds is 33. The molecule has 444 valence electrons. The first-order valence-corrected chi connectivity index (χ1v) is 26.9. The highest BCUT2D eigenvalue weighted by atomic mass is 19.1. The van der Waals surface area contributed by atoms with Crippen LogP contribution in [0.1, 0.15) is 101 Å². The van der Waals surface area contributed by atoms with Gasteiger partial charge in [0, 0.05) is 92.6 Å². The van der Waals surface area contributed by atoms with E-state index in [4.69, 9.17) is 10.8 Å². The topological polar surface area (TPSA) is 347 Å². The fourth-order valence-corrected chi connectivity index (χ4v) is 9.22. The third-order valence-electron chi connectivity index (χ3n) is 13.4. The van der Waals surface area contributed by atoms with Crippen LogP contribution in [0.5, 0.6) is 0 Å². The van der Waals surface area contributed by atoms with Gasteiger partial charge in [0.1, 0.15) is 30.3 Å². The Kier molecular flexibility index (Phi) is 24.4. The van der Waals surface area contributed by atoms with Gasteiger partial charge in [-0.15, -0.1) is 0 Å². The number of aromatic amines is 1. The van der Waals surface area contributed by atoms with Crippen molar-refractivity contribution in [2.45, 2.75) is 116 Å². The minimum atomic E-state index is -1.77. The number of carboxylic acid groups (broad SMARTS) is 1. The van der Waals surface area contributed by atoms with Gasteiger partial charge in [0.15, 0.2) is 11.6 Å². The van der Waals surface area contributed by atoms with Crippen molar-refractivity contribution < 1.29 is 66.9 Å². The van der Waals surface area contributed by atoms with Crippen LogP contribution in [0.2, 0.25) is 0 Å². The minimum absolute atomic E-state index is 0.0218. The number of ketones is 2. The molecule has 25 heteroatoms. The Balaban J connectivity index is 1.45. The molecule has 5 rings (SSSR count). The van der Waals surface area contributed by atoms with Gasteiger partial charge in [-0.3, -0.25) is 52.9 Å². The zero-order valence-corrected chi connectivity index (χ0v) is 46.6. The smallest absolute Gasteiger partial charge is 0.303 e. The first-order chi connectivity index (χ1) is 39.4. The molecule has 0 aliphatic rings. The van der Waals surface area contributed by atoms with E-state index in [2.05, 4.69) is 41.5 Å². The van der Waals surface area contributed by atoms with Crippen molar-refractivity contribution in [3.63, 3.8) is 0 Å². The number of hydrogen-bond donors (Lipinski definition) is 9. The van der Waals surface area contributed by atoms with Gasteiger partial charge in [-0.25, -0.2) is 13.8 Å². The molecule has 0 fully saturated rings. The molecule has 5 aromatic rings. The molecule has 10 N–H and O–H groups in total. The molecule has 0 bridgehead atoms. The third kappa shape index (κ3) is 20.8. The van der Waals surface area contributed by atoms with Gasteiger partial charge in [0.2, 0.25) is 41.4 Å². The predicted octanol–water partition coefficient (Wildman–Crippen LogP) is 2.75. The summed E-state index contributed by atoms with van der Waals surface area (Å²) < 4.78 is 31.9. The first-order valence-electron chi connectivity index (χ1n) is 26.9. The molecule has 0 saturated carbocycles. The Hall–Kier alpha value is -9.00. The molecular weight excluding hydrogens is 1080 g/mol. The number of Topliss-reactive ketones (excluding diaryl/α,β-unsaturated/α-hetero) is 2. The number of halogens is 2. The number of pyridine rings is 1. The van der Waals surface area contributed by atoms with E-state index in [-0.39, 0.29) is 62.9 Å². The lowest BCUT2D eigenvalue weighted by atomic mass is 9.82. The van der Waals surface area contributed by atoms with Crippen LogP contribution in [-0.2, 0) is 67.3 Å². The number of benzene rings is 2. The number of aliphatic hydroxyl groups excluding tert-OH is 1. The van der Waals surface area contributed by atoms with Gasteiger partial charge in [-0.05, 0) is 72.7 Å². The average Bonchev–Trinajstić information content (AvgIpc) is 4.33. The quantitative estimate of drug-likeness (QED) is 0.0273. The fourth-order valence-electron chi connectivity index (χ4n) is 9.22. The van der Waals surface area contributed by atoms with Crippen molar-refractivity contribution in [2.75, 3.05) is 26.2 Å². The minimum Gasteiger partial charge on any atom is -0.481 e. The van der Waals surface area contributed by atoms with Crippen LogP contribution in [0, 0.1) is 23.0 Å². The van der Waals surface area contributed by atoms with E-state index >= 15 is 4.39 Å². The molecule has 0 aliphatic carbocycles. The van der Waals surface area contributed by atoms with E-state index in [9.17, 15) is 57.4 Å². The maximum atomic E-state index is 15.5. The van der Waals surface area contributed by atoms with Crippen molar-refractivity contribution in [2.24, 2.45) is 17.1 Å². The van der Waals surface area contributed by atoms with Gasteiger partial charge in [-0.2, -0.15) is 0 Å². The molecule has 0 unspecified atom stereocenters. The normalized spacial score (nSPS) is 13.0. The molecule has 0 saturated heterocycles. The van der Waals surface area contributed by atoms with Crippen molar-refractivity contribution in [1.82, 2.24) is 51.0 Å². The molecule has 5 atom stereocenters. The number of carbonyl (C=O) groups excluding carboxylic acids is 9. The van der Waals surface area contributed by atoms with Crippen LogP contribution in [0.15, 0.2) is 97.8 Å². The standard InChI is InChI=1S/C58H71F2N11O12/c1-35(67-51(77)23-36-16-20-62-21-17-36)48(74)26-38(24-41-29-63-34-66-41)55(81)69-46(28-49(61)75)57(83)68-45(56(82)64-19-8-11-42(73)30-65-50(76)14-15-53(79)80)18-22-71(52(78)33-72)54(58(2,3)4)47-25-39(43-27-40(59)12-13-44(43)60)32-70(47)31-37-9-6-5-7-10-37/h5-7,9-10,12-13,16-17,20-21,25,27,29,32,34-35,38,45-46,54,72H,8,11,14-15,18-19,22-24,26,28,30-31,33H2,1-4H3,(H2,61,75)(H,63,66)(H,64,82)(H,65,76)(H,67,77)(H,68,83)(H,69,81)(H,79,80)/t35-,38-,45-,46-,54-/m0/s1. The number of nitrogens with zero attached hydrogens (tertiary/aromatic N) is 4. The predicted molar refractivity (Wildman–Crippen MR) is 297 cm³/mol. The summed E-state index contributed by atoms with van der Waals surface area (Å²) >= 11 is 0. The molecule has 0 radical (unpaired) electrons. The van der Waals surface area contributed by atoms with Crippen LogP contribution >= 0.6 is 0 Å². The van der Waals surface area contributed by atoms with E-state index in [1.807, 2.05) is 30.3 Å². The lowest BCUT2D eigenvalue weighted by Crippen LogP contribution is -2.56. The largest absolute Gasteiger partial charge is 0.481 e. The maximum Gasteiger partial charge on any atom is 0.303 e. The van der Waals surface area contributed by atoms with Crippen molar-refractivity contribution in [1.29, 1.82) is 0 Å². The van der Waals surface area contributed by atoms with Gasteiger partial charge in [0.25, 0.3) is 0 Å². The molecule has 0 spiro atoms. The number of carbonyl (C=O) groups is 10. The summed E-state index contributed by atoms with van der Waals surface area (Å²) in [7, 11) is 0. The van der Waals surface area contributed by atoms with Crippen molar-refractivity contribution in [3.05, 3.63) is 132 Å². The van der Waals surface area contributed by atoms with Crippen molar-refractivity contribution in [3.8, 4) is 11.1 Å². The Morgan fingerprint density at radius 3 is 2.16 bits per heavy atom. The van der Waals surface area contributed by atoms with Gasteiger partial charge < -0.3 is 57.0 Å². The van der Waals surface area contributed by atoms with E-state index in [1.54, 1.807) is 49.7 Å². The second-order valence-corrected chi connectivity index (χ2v) is 21.1. The fraction of sp³-hybridized carbons (Fsp3) is 0.414. The highest BCUT2D eigenvalue weighted by molar-refractivity contribution is 5.97. The van der Waals surface area contributed by atoms with Crippen LogP contribution in [0.4, 0.5) is 8.78 Å². The molecule has 7 amide bonds. The highest BCUT2D eigenvalue weighted by Crippen LogP contribution is 2.41. The van der Waals surface area contributed by atoms with E-state index in [1.165, 1.54) is 36.7 Å². The molecule has 0 aliphatic heterocycles.